The third-order valence-electron chi connectivity index (χ3n) is 5.49. The molecule has 0 spiro atoms. The number of sulfone groups is 1. The average Bonchev–Trinajstić information content (AvgIpc) is 3.16. The predicted octanol–water partition coefficient (Wildman–Crippen LogP) is 3.84. The first-order valence-corrected chi connectivity index (χ1v) is 13.1. The highest BCUT2D eigenvalue weighted by molar-refractivity contribution is 8.00. The van der Waals surface area contributed by atoms with Crippen LogP contribution in [-0.2, 0) is 16.3 Å². The molecule has 5 nitrogen and oxygen atoms in total. The van der Waals surface area contributed by atoms with Crippen molar-refractivity contribution in [1.29, 1.82) is 5.26 Å². The van der Waals surface area contributed by atoms with Gasteiger partial charge in [0.1, 0.15) is 16.5 Å². The lowest BCUT2D eigenvalue weighted by molar-refractivity contribution is 0.606. The second-order valence-electron chi connectivity index (χ2n) is 7.89. The summed E-state index contributed by atoms with van der Waals surface area (Å²) in [5.41, 5.74) is 2.48. The predicted molar refractivity (Wildman–Crippen MR) is 136 cm³/mol. The second-order valence-corrected chi connectivity index (χ2v) is 10.8. The van der Waals surface area contributed by atoms with Gasteiger partial charge < -0.3 is 0 Å². The summed E-state index contributed by atoms with van der Waals surface area (Å²) < 4.78 is 41.7. The molecule has 0 N–H and O–H groups in total. The van der Waals surface area contributed by atoms with Gasteiger partial charge in [0.2, 0.25) is 9.84 Å². The topological polar surface area (TPSA) is 79.9 Å². The number of aromatic nitrogens is 1. The van der Waals surface area contributed by atoms with Crippen molar-refractivity contribution in [2.75, 3.05) is 0 Å². The Labute approximate surface area is 206 Å². The number of hydrogen-bond acceptors (Lipinski definition) is 5. The fraction of sp³-hybridized carbons (Fsp3) is 0.111. The van der Waals surface area contributed by atoms with Crippen LogP contribution in [0.3, 0.4) is 0 Å². The molecular formula is C27H21FN2O3S2. The molecule has 0 aliphatic carbocycles. The molecule has 1 aromatic heterocycles. The highest BCUT2D eigenvalue weighted by atomic mass is 32.2. The molecule has 0 atom stereocenters. The van der Waals surface area contributed by atoms with Crippen LogP contribution in [0.1, 0.15) is 23.6 Å². The quantitative estimate of drug-likeness (QED) is 0.414. The van der Waals surface area contributed by atoms with E-state index in [1.807, 2.05) is 32.0 Å². The van der Waals surface area contributed by atoms with Crippen LogP contribution in [0.4, 0.5) is 4.39 Å². The van der Waals surface area contributed by atoms with Crippen LogP contribution in [0.2, 0.25) is 0 Å². The monoisotopic (exact) mass is 504 g/mol. The van der Waals surface area contributed by atoms with Crippen LogP contribution < -0.4 is 14.8 Å². The Bertz CT molecular complexity index is 1710. The van der Waals surface area contributed by atoms with E-state index in [1.165, 1.54) is 41.0 Å². The molecule has 3 aromatic carbocycles. The molecule has 0 saturated heterocycles. The van der Waals surface area contributed by atoms with Crippen LogP contribution in [0.25, 0.3) is 16.7 Å². The van der Waals surface area contributed by atoms with E-state index >= 15 is 0 Å². The zero-order chi connectivity index (χ0) is 25.2. The van der Waals surface area contributed by atoms with Crippen molar-refractivity contribution in [2.24, 2.45) is 0 Å². The van der Waals surface area contributed by atoms with Crippen molar-refractivity contribution in [1.82, 2.24) is 4.57 Å². The van der Waals surface area contributed by atoms with Crippen molar-refractivity contribution in [2.45, 2.75) is 25.2 Å². The van der Waals surface area contributed by atoms with E-state index in [-0.39, 0.29) is 14.1 Å². The smallest absolute Gasteiger partial charge is 0.267 e. The van der Waals surface area contributed by atoms with Crippen molar-refractivity contribution in [3.63, 3.8) is 0 Å². The maximum absolute atomic E-state index is 13.5. The molecule has 0 aliphatic heterocycles. The van der Waals surface area contributed by atoms with E-state index in [9.17, 15) is 22.9 Å². The van der Waals surface area contributed by atoms with Gasteiger partial charge in [-0.05, 0) is 66.9 Å². The standard InChI is InChI=1S/C27H21FN2O3S2/c1-3-19-8-12-22(13-9-19)30-26(31)24(16-20-6-10-21(28)11-7-20)34-27(30)25(17-29)35(32,33)23-14-4-18(2)5-15-23/h4-16H,3H2,1-2H3/b24-16-,27-25+. The fourth-order valence-electron chi connectivity index (χ4n) is 3.52. The summed E-state index contributed by atoms with van der Waals surface area (Å²) in [6, 6.07) is 20.8. The molecule has 0 fully saturated rings. The SMILES string of the molecule is CCc1ccc(-n2c(=O)/c(=C/c3ccc(F)cc3)s/c2=C(\C#N)S(=O)(=O)c2ccc(C)cc2)cc1. The van der Waals surface area contributed by atoms with Crippen LogP contribution in [0, 0.1) is 24.1 Å². The molecule has 4 rings (SSSR count). The lowest BCUT2D eigenvalue weighted by Crippen LogP contribution is -2.31. The van der Waals surface area contributed by atoms with Crippen molar-refractivity contribution in [3.05, 3.63) is 115 Å². The largest absolute Gasteiger partial charge is 0.273 e. The van der Waals surface area contributed by atoms with Crippen molar-refractivity contribution < 1.29 is 12.8 Å². The van der Waals surface area contributed by atoms with Gasteiger partial charge in [-0.15, -0.1) is 11.3 Å². The summed E-state index contributed by atoms with van der Waals surface area (Å²) in [5.74, 6) is -0.410. The van der Waals surface area contributed by atoms with Gasteiger partial charge in [-0.2, -0.15) is 5.26 Å². The summed E-state index contributed by atoms with van der Waals surface area (Å²) in [4.78, 5) is 13.0. The van der Waals surface area contributed by atoms with Crippen LogP contribution >= 0.6 is 11.3 Å². The number of nitrogens with zero attached hydrogens (tertiary/aromatic N) is 2. The van der Waals surface area contributed by atoms with Gasteiger partial charge in [0.05, 0.1) is 15.1 Å². The third-order valence-corrected chi connectivity index (χ3v) is 8.43. The highest BCUT2D eigenvalue weighted by Gasteiger charge is 2.25. The molecule has 0 bridgehead atoms. The summed E-state index contributed by atoms with van der Waals surface area (Å²) in [5, 5.41) is 9.98. The van der Waals surface area contributed by atoms with Gasteiger partial charge >= 0.3 is 0 Å². The maximum Gasteiger partial charge on any atom is 0.273 e. The number of aryl methyl sites for hydroxylation is 2. The minimum Gasteiger partial charge on any atom is -0.267 e. The fourth-order valence-corrected chi connectivity index (χ4v) is 6.14. The van der Waals surface area contributed by atoms with E-state index in [2.05, 4.69) is 0 Å². The highest BCUT2D eigenvalue weighted by Crippen LogP contribution is 2.20. The minimum absolute atomic E-state index is 0.00989. The third kappa shape index (κ3) is 4.87. The second kappa shape index (κ2) is 9.82. The van der Waals surface area contributed by atoms with Crippen LogP contribution in [-0.4, -0.2) is 13.0 Å². The summed E-state index contributed by atoms with van der Waals surface area (Å²) in [6.07, 6.45) is 2.35. The number of halogens is 1. The Morgan fingerprint density at radius 1 is 1.03 bits per heavy atom. The molecule has 0 radical (unpaired) electrons. The van der Waals surface area contributed by atoms with Gasteiger partial charge in [0, 0.05) is 0 Å². The van der Waals surface area contributed by atoms with Crippen LogP contribution in [0.5, 0.6) is 0 Å². The Hall–Kier alpha value is -3.80. The zero-order valence-corrected chi connectivity index (χ0v) is 20.7. The Morgan fingerprint density at radius 3 is 2.23 bits per heavy atom. The Balaban J connectivity index is 2.08. The first kappa shape index (κ1) is 24.3. The lowest BCUT2D eigenvalue weighted by Gasteiger charge is -2.06. The zero-order valence-electron chi connectivity index (χ0n) is 19.0. The van der Waals surface area contributed by atoms with Gasteiger partial charge in [-0.3, -0.25) is 9.36 Å². The molecule has 1 heterocycles. The molecular weight excluding hydrogens is 483 g/mol. The molecule has 0 unspecified atom stereocenters. The number of benzene rings is 3. The van der Waals surface area contributed by atoms with E-state index < -0.39 is 26.1 Å². The molecule has 8 heteroatoms. The number of thiazole rings is 1. The number of nitriles is 1. The average molecular weight is 505 g/mol. The van der Waals surface area contributed by atoms with Crippen molar-refractivity contribution in [3.8, 4) is 11.8 Å². The van der Waals surface area contributed by atoms with Gasteiger partial charge in [-0.1, -0.05) is 48.9 Å². The van der Waals surface area contributed by atoms with Crippen LogP contribution in [0.15, 0.2) is 82.5 Å². The normalized spacial score (nSPS) is 12.9. The van der Waals surface area contributed by atoms with Gasteiger partial charge in [0.25, 0.3) is 5.56 Å². The summed E-state index contributed by atoms with van der Waals surface area (Å²) in [6.45, 7) is 3.84. The molecule has 0 amide bonds. The number of rotatable bonds is 5. The van der Waals surface area contributed by atoms with Crippen molar-refractivity contribution >= 4 is 32.2 Å². The molecule has 0 aliphatic rings. The minimum atomic E-state index is -4.20. The van der Waals surface area contributed by atoms with Gasteiger partial charge in [-0.25, -0.2) is 12.8 Å². The Morgan fingerprint density at radius 2 is 1.66 bits per heavy atom. The molecule has 0 saturated carbocycles. The van der Waals surface area contributed by atoms with Gasteiger partial charge in [0.15, 0.2) is 4.91 Å². The number of hydrogen-bond donors (Lipinski definition) is 0. The summed E-state index contributed by atoms with van der Waals surface area (Å²) >= 11 is 0.910. The summed E-state index contributed by atoms with van der Waals surface area (Å²) in [7, 11) is -4.20. The first-order chi connectivity index (χ1) is 16.7. The molecule has 176 valence electrons. The molecule has 35 heavy (non-hydrogen) atoms. The van der Waals surface area contributed by atoms with E-state index in [1.54, 1.807) is 30.3 Å². The lowest BCUT2D eigenvalue weighted by atomic mass is 10.1. The van der Waals surface area contributed by atoms with E-state index in [0.717, 1.165) is 28.9 Å². The Kier molecular flexibility index (Phi) is 6.83. The molecule has 4 aromatic rings. The van der Waals surface area contributed by atoms with E-state index in [0.29, 0.717) is 11.3 Å². The first-order valence-electron chi connectivity index (χ1n) is 10.8. The maximum atomic E-state index is 13.5. The van der Waals surface area contributed by atoms with E-state index in [4.69, 9.17) is 0 Å².